The van der Waals surface area contributed by atoms with Gasteiger partial charge in [-0.15, -0.1) is 35.3 Å². The molecule has 558 valence electrons. The fourth-order valence-corrected chi connectivity index (χ4v) is 12.8. The lowest BCUT2D eigenvalue weighted by Crippen LogP contribution is -2.27. The molecule has 104 heavy (non-hydrogen) atoms. The topological polar surface area (TPSA) is 240 Å². The lowest BCUT2D eigenvalue weighted by atomic mass is 9.86. The number of carbonyl (C=O) groups is 5. The van der Waals surface area contributed by atoms with Crippen LogP contribution in [0.2, 0.25) is 0 Å². The van der Waals surface area contributed by atoms with Crippen LogP contribution in [0.3, 0.4) is 0 Å². The molecule has 3 aromatic heterocycles. The molecular formula is C81H103FN8O11S3. The highest BCUT2D eigenvalue weighted by Crippen LogP contribution is 2.41. The summed E-state index contributed by atoms with van der Waals surface area (Å²) in [6, 6.07) is 31.5. The Hall–Kier alpha value is -8.54. The number of ether oxygens (including phenoxy) is 6. The Morgan fingerprint density at radius 2 is 0.740 bits per heavy atom. The van der Waals surface area contributed by atoms with E-state index < -0.39 is 0 Å². The van der Waals surface area contributed by atoms with Crippen LogP contribution in [0, 0.1) is 5.82 Å². The normalized spacial score (nSPS) is 15.5. The lowest BCUT2D eigenvalue weighted by molar-refractivity contribution is -0.119. The zero-order chi connectivity index (χ0) is 76.5. The standard InChI is InChI=1S/C12H14FNOS.C12H15NO2.C12H15NOS.C12H16O2.C11H14N2O2.C11H14N2OS.C11H15NO2/c1-12(2,3)7-4-9-10(5-8(7)13)16-6-11(15)14-9;2*1-12(2,3)8-4-5-10-9(6-8)13-11(14)7-15-10;1-12(2,3)9-4-5-10-11(8-9)14-7-6-13-10;2*1-11(2,3)8-5-4-7-10(12-8)13-9(14)6-15-7;1-11(2,3)10-6-8-9(7-12-10)14-5-4-13-8/h4-5H,6H2,1-3H3,(H,14,15);2*4-6H,7H2,1-3H3,(H,13,14);4-5,8H,6-7H2,1-3H3;2*4-5H,6H2,1-3H3,(H,12,13,14);6-7H,4-5H2,1-3H3. The summed E-state index contributed by atoms with van der Waals surface area (Å²) in [5.41, 5.74) is 9.94. The molecule has 19 nitrogen and oxygen atoms in total. The number of hydrogen-bond acceptors (Lipinski definition) is 17. The highest BCUT2D eigenvalue weighted by molar-refractivity contribution is 8.00. The molecule has 7 aromatic rings. The van der Waals surface area contributed by atoms with Crippen molar-refractivity contribution in [2.75, 3.05) is 83.5 Å². The molecule has 0 saturated carbocycles. The second-order valence-electron chi connectivity index (χ2n) is 32.8. The van der Waals surface area contributed by atoms with Gasteiger partial charge in [-0.2, -0.15) is 0 Å². The van der Waals surface area contributed by atoms with Gasteiger partial charge in [-0.3, -0.25) is 29.0 Å². The van der Waals surface area contributed by atoms with Crippen LogP contribution < -0.4 is 55.0 Å². The van der Waals surface area contributed by atoms with Gasteiger partial charge in [-0.1, -0.05) is 164 Å². The number of pyridine rings is 3. The van der Waals surface area contributed by atoms with Gasteiger partial charge in [0, 0.05) is 49.2 Å². The number of anilines is 5. The molecule has 0 atom stereocenters. The molecule has 4 aromatic carbocycles. The molecule has 0 fully saturated rings. The predicted molar refractivity (Wildman–Crippen MR) is 418 cm³/mol. The van der Waals surface area contributed by atoms with Crippen LogP contribution in [0.1, 0.15) is 185 Å². The third-order valence-electron chi connectivity index (χ3n) is 16.6. The van der Waals surface area contributed by atoms with Gasteiger partial charge in [0.2, 0.25) is 17.7 Å². The second-order valence-corrected chi connectivity index (χ2v) is 35.9. The van der Waals surface area contributed by atoms with Crippen molar-refractivity contribution in [1.29, 1.82) is 0 Å². The number of nitrogens with zero attached hydrogens (tertiary/aromatic N) is 3. The van der Waals surface area contributed by atoms with Gasteiger partial charge in [-0.25, -0.2) is 14.4 Å². The lowest BCUT2D eigenvalue weighted by Gasteiger charge is -2.24. The van der Waals surface area contributed by atoms with E-state index in [4.69, 9.17) is 28.4 Å². The smallest absolute Gasteiger partial charge is 0.263 e. The van der Waals surface area contributed by atoms with E-state index in [1.165, 1.54) is 39.4 Å². The maximum atomic E-state index is 13.8. The number of hydrogen-bond donors (Lipinski definition) is 5. The van der Waals surface area contributed by atoms with E-state index in [1.807, 2.05) is 75.4 Å². The van der Waals surface area contributed by atoms with Crippen molar-refractivity contribution >= 4 is 93.5 Å². The van der Waals surface area contributed by atoms with Gasteiger partial charge in [0.05, 0.1) is 45.4 Å². The van der Waals surface area contributed by atoms with Crippen LogP contribution in [0.15, 0.2) is 118 Å². The molecule has 0 radical (unpaired) electrons. The number of fused-ring (bicyclic) bond motifs is 7. The van der Waals surface area contributed by atoms with E-state index in [9.17, 15) is 28.4 Å². The number of aromatic nitrogens is 3. The molecule has 10 heterocycles. The first kappa shape index (κ1) is 81.1. The number of nitrogens with one attached hydrogen (secondary N) is 5. The molecular weight excluding hydrogens is 1380 g/mol. The van der Waals surface area contributed by atoms with Gasteiger partial charge in [0.15, 0.2) is 47.8 Å². The first-order valence-corrected chi connectivity index (χ1v) is 37.8. The first-order valence-electron chi connectivity index (χ1n) is 34.8. The Morgan fingerprint density at radius 3 is 1.30 bits per heavy atom. The van der Waals surface area contributed by atoms with Crippen LogP contribution in [0.5, 0.6) is 34.5 Å². The third kappa shape index (κ3) is 23.0. The first-order chi connectivity index (χ1) is 48.4. The number of benzene rings is 4. The van der Waals surface area contributed by atoms with Crippen LogP contribution in [0.25, 0.3) is 0 Å². The van der Waals surface area contributed by atoms with Gasteiger partial charge >= 0.3 is 0 Å². The Kier molecular flexibility index (Phi) is 26.0. The van der Waals surface area contributed by atoms with E-state index in [-0.39, 0.29) is 86.5 Å². The molecule has 5 N–H and O–H groups in total. The Morgan fingerprint density at radius 1 is 0.337 bits per heavy atom. The van der Waals surface area contributed by atoms with Crippen LogP contribution in [0.4, 0.5) is 33.1 Å². The van der Waals surface area contributed by atoms with E-state index in [0.29, 0.717) is 66.6 Å². The molecule has 0 spiro atoms. The molecule has 7 aliphatic rings. The van der Waals surface area contributed by atoms with Crippen molar-refractivity contribution < 1.29 is 56.8 Å². The number of thioether (sulfide) groups is 3. The average molecular weight is 1480 g/mol. The SMILES string of the molecule is CC(C)(C)c1cc2c(cc1F)SCC(=O)N2.CC(C)(C)c1cc2c(cn1)OCCO2.CC(C)(C)c1ccc2c(c1)NC(=O)CO2.CC(C)(C)c1ccc2c(c1)NC(=O)CS2.CC(C)(C)c1ccc2c(c1)OCCO2.CC(C)(C)c1ccc2c(n1)NC(=O)CO2.CC(C)(C)c1ccc2c(n1)NC(=O)CS2. The third-order valence-corrected chi connectivity index (χ3v) is 19.7. The predicted octanol–water partition coefficient (Wildman–Crippen LogP) is 17.5. The fourth-order valence-electron chi connectivity index (χ4n) is 10.4. The molecule has 0 saturated heterocycles. The van der Waals surface area contributed by atoms with E-state index in [2.05, 4.69) is 196 Å². The molecule has 5 amide bonds. The minimum atomic E-state index is -0.258. The van der Waals surface area contributed by atoms with Gasteiger partial charge < -0.3 is 55.0 Å². The fraction of sp³-hybridized carbons (Fsp3) is 0.457. The van der Waals surface area contributed by atoms with Crippen molar-refractivity contribution in [3.05, 3.63) is 148 Å². The summed E-state index contributed by atoms with van der Waals surface area (Å²) in [4.78, 5) is 72.2. The van der Waals surface area contributed by atoms with Crippen LogP contribution in [-0.4, -0.2) is 101 Å². The van der Waals surface area contributed by atoms with Gasteiger partial charge in [0.1, 0.15) is 43.8 Å². The maximum Gasteiger partial charge on any atom is 0.263 e. The summed E-state index contributed by atoms with van der Waals surface area (Å²) >= 11 is 4.52. The van der Waals surface area contributed by atoms with Crippen molar-refractivity contribution in [1.82, 2.24) is 15.0 Å². The zero-order valence-corrected chi connectivity index (χ0v) is 66.6. The minimum Gasteiger partial charge on any atom is -0.486 e. The van der Waals surface area contributed by atoms with Crippen molar-refractivity contribution in [2.24, 2.45) is 0 Å². The van der Waals surface area contributed by atoms with Crippen molar-refractivity contribution in [2.45, 2.75) is 198 Å². The number of rotatable bonds is 0. The van der Waals surface area contributed by atoms with Gasteiger partial charge in [-0.05, 0) is 117 Å². The molecule has 0 unspecified atom stereocenters. The van der Waals surface area contributed by atoms with E-state index in [1.54, 1.807) is 35.8 Å². The number of halogens is 1. The van der Waals surface area contributed by atoms with Crippen LogP contribution >= 0.6 is 35.3 Å². The molecule has 23 heteroatoms. The van der Waals surface area contributed by atoms with Gasteiger partial charge in [0.25, 0.3) is 11.8 Å². The summed E-state index contributed by atoms with van der Waals surface area (Å²) in [7, 11) is 0. The minimum absolute atomic E-state index is 0.0157. The summed E-state index contributed by atoms with van der Waals surface area (Å²) in [5.74, 6) is 6.99. The quantitative estimate of drug-likeness (QED) is 0.0948. The molecule has 0 bridgehead atoms. The Labute approximate surface area is 626 Å². The summed E-state index contributed by atoms with van der Waals surface area (Å²) in [5, 5.41) is 14.0. The number of carbonyl (C=O) groups excluding carboxylic acids is 5. The Balaban J connectivity index is 0.000000154. The van der Waals surface area contributed by atoms with Crippen LogP contribution in [-0.2, 0) is 61.9 Å². The van der Waals surface area contributed by atoms with E-state index >= 15 is 0 Å². The zero-order valence-electron chi connectivity index (χ0n) is 64.1. The molecule has 0 aliphatic carbocycles. The molecule has 14 rings (SSSR count). The largest absolute Gasteiger partial charge is 0.486 e. The summed E-state index contributed by atoms with van der Waals surface area (Å²) in [6.07, 6.45) is 1.75. The monoisotopic (exact) mass is 1480 g/mol. The average Bonchev–Trinajstić information content (AvgIpc) is 0.712. The summed E-state index contributed by atoms with van der Waals surface area (Å²) in [6.45, 7) is 47.1. The van der Waals surface area contributed by atoms with Crippen molar-refractivity contribution in [3.8, 4) is 34.5 Å². The highest BCUT2D eigenvalue weighted by Gasteiger charge is 2.29. The van der Waals surface area contributed by atoms with E-state index in [0.717, 1.165) is 72.7 Å². The number of amides is 5. The highest BCUT2D eigenvalue weighted by atomic mass is 32.2. The summed E-state index contributed by atoms with van der Waals surface area (Å²) < 4.78 is 46.3. The second kappa shape index (κ2) is 33.3. The molecule has 7 aliphatic heterocycles. The maximum absolute atomic E-state index is 13.8. The van der Waals surface area contributed by atoms with Crippen molar-refractivity contribution in [3.63, 3.8) is 0 Å². The Bertz CT molecular complexity index is 3900.